The van der Waals surface area contributed by atoms with Gasteiger partial charge in [0.15, 0.2) is 8.32 Å². The van der Waals surface area contributed by atoms with Crippen LogP contribution in [0.1, 0.15) is 26.3 Å². The van der Waals surface area contributed by atoms with Crippen molar-refractivity contribution in [3.05, 3.63) is 40.5 Å². The van der Waals surface area contributed by atoms with Crippen molar-refractivity contribution >= 4 is 35.2 Å². The fourth-order valence-corrected chi connectivity index (χ4v) is 3.03. The van der Waals surface area contributed by atoms with E-state index in [9.17, 15) is 0 Å². The summed E-state index contributed by atoms with van der Waals surface area (Å²) >= 11 is 3.47. The van der Waals surface area contributed by atoms with Gasteiger partial charge in [0.05, 0.1) is 12.1 Å². The second kappa shape index (κ2) is 5.58. The second-order valence-electron chi connectivity index (χ2n) is 6.73. The highest BCUT2D eigenvalue weighted by Crippen LogP contribution is 2.37. The van der Waals surface area contributed by atoms with Gasteiger partial charge in [0.1, 0.15) is 0 Å². The molecule has 0 fully saturated rings. The number of halogens is 1. The smallest absolute Gasteiger partial charge is 0.192 e. The molecule has 0 saturated carbocycles. The van der Waals surface area contributed by atoms with Gasteiger partial charge in [-0.2, -0.15) is 0 Å². The summed E-state index contributed by atoms with van der Waals surface area (Å²) in [6.45, 7) is 12.0. The Balaban J connectivity index is 2.18. The van der Waals surface area contributed by atoms with E-state index in [-0.39, 0.29) is 5.04 Å². The van der Waals surface area contributed by atoms with Crippen molar-refractivity contribution in [2.24, 2.45) is 0 Å². The third-order valence-corrected chi connectivity index (χ3v) is 9.03. The molecule has 0 aliphatic rings. The van der Waals surface area contributed by atoms with E-state index in [2.05, 4.69) is 79.0 Å². The summed E-state index contributed by atoms with van der Waals surface area (Å²) < 4.78 is 7.27. The maximum atomic E-state index is 6.27. The lowest BCUT2D eigenvalue weighted by molar-refractivity contribution is 0.276. The summed E-state index contributed by atoms with van der Waals surface area (Å²) in [5.41, 5.74) is 2.23. The largest absolute Gasteiger partial charge is 0.413 e. The normalized spacial score (nSPS) is 12.9. The molecule has 0 atom stereocenters. The fourth-order valence-electron chi connectivity index (χ4n) is 1.72. The van der Waals surface area contributed by atoms with Gasteiger partial charge in [-0.3, -0.25) is 4.98 Å². The van der Waals surface area contributed by atoms with Crippen LogP contribution in [-0.2, 0) is 11.0 Å². The Hall–Kier alpha value is -0.713. The summed E-state index contributed by atoms with van der Waals surface area (Å²) in [6, 6.07) is 8.43. The summed E-state index contributed by atoms with van der Waals surface area (Å²) in [6.07, 6.45) is 1.83. The molecule has 2 aromatic rings. The molecule has 1 aromatic heterocycles. The Kier molecular flexibility index (Phi) is 4.37. The quantitative estimate of drug-likeness (QED) is 0.679. The Bertz CT molecular complexity index is 619. The maximum Gasteiger partial charge on any atom is 0.192 e. The van der Waals surface area contributed by atoms with E-state index in [1.807, 2.05) is 6.20 Å². The molecule has 4 heteroatoms. The van der Waals surface area contributed by atoms with Crippen molar-refractivity contribution in [2.75, 3.05) is 0 Å². The van der Waals surface area contributed by atoms with Crippen LogP contribution in [0.5, 0.6) is 0 Å². The lowest BCUT2D eigenvalue weighted by atomic mass is 10.1. The van der Waals surface area contributed by atoms with Crippen LogP contribution in [0.3, 0.4) is 0 Å². The van der Waals surface area contributed by atoms with E-state index >= 15 is 0 Å². The van der Waals surface area contributed by atoms with E-state index in [4.69, 9.17) is 4.43 Å². The first-order valence-corrected chi connectivity index (χ1v) is 10.6. The Morgan fingerprint density at radius 1 is 1.20 bits per heavy atom. The Morgan fingerprint density at radius 2 is 1.90 bits per heavy atom. The van der Waals surface area contributed by atoms with Crippen molar-refractivity contribution in [1.29, 1.82) is 0 Å². The molecule has 0 aliphatic carbocycles. The molecule has 0 radical (unpaired) electrons. The zero-order valence-electron chi connectivity index (χ0n) is 12.8. The van der Waals surface area contributed by atoms with Gasteiger partial charge in [0.25, 0.3) is 0 Å². The molecule has 20 heavy (non-hydrogen) atoms. The molecular weight excluding hydrogens is 330 g/mol. The molecule has 108 valence electrons. The van der Waals surface area contributed by atoms with Gasteiger partial charge in [0.2, 0.25) is 0 Å². The molecule has 0 saturated heterocycles. The zero-order valence-corrected chi connectivity index (χ0v) is 15.4. The number of hydrogen-bond donors (Lipinski definition) is 0. The fraction of sp³-hybridized carbons (Fsp3) is 0.438. The lowest BCUT2D eigenvalue weighted by Crippen LogP contribution is -2.40. The van der Waals surface area contributed by atoms with E-state index in [1.165, 1.54) is 5.56 Å². The Labute approximate surface area is 130 Å². The number of aromatic nitrogens is 1. The lowest BCUT2D eigenvalue weighted by Gasteiger charge is -2.36. The zero-order chi connectivity index (χ0) is 15.0. The van der Waals surface area contributed by atoms with Crippen LogP contribution in [-0.4, -0.2) is 13.3 Å². The van der Waals surface area contributed by atoms with Crippen molar-refractivity contribution in [3.63, 3.8) is 0 Å². The van der Waals surface area contributed by atoms with Crippen LogP contribution < -0.4 is 0 Å². The highest BCUT2D eigenvalue weighted by molar-refractivity contribution is 9.10. The van der Waals surface area contributed by atoms with Gasteiger partial charge < -0.3 is 4.43 Å². The molecule has 0 N–H and O–H groups in total. The van der Waals surface area contributed by atoms with Crippen LogP contribution in [0, 0.1) is 0 Å². The van der Waals surface area contributed by atoms with Gasteiger partial charge in [-0.1, -0.05) is 26.8 Å². The first-order valence-electron chi connectivity index (χ1n) is 6.87. The number of pyridine rings is 1. The second-order valence-corrected chi connectivity index (χ2v) is 12.5. The van der Waals surface area contributed by atoms with Crippen LogP contribution in [0.4, 0.5) is 0 Å². The SMILES string of the molecule is CC(C)(C)[Si](C)(C)OCc1ccc2ncc(Br)cc2c1. The van der Waals surface area contributed by atoms with Crippen LogP contribution in [0.25, 0.3) is 10.9 Å². The minimum absolute atomic E-state index is 0.244. The van der Waals surface area contributed by atoms with Crippen LogP contribution in [0.2, 0.25) is 18.1 Å². The van der Waals surface area contributed by atoms with Crippen molar-refractivity contribution in [3.8, 4) is 0 Å². The van der Waals surface area contributed by atoms with E-state index in [1.54, 1.807) is 0 Å². The molecule has 0 spiro atoms. The third-order valence-electron chi connectivity index (χ3n) is 4.12. The summed E-state index contributed by atoms with van der Waals surface area (Å²) in [7, 11) is -1.69. The Morgan fingerprint density at radius 3 is 2.55 bits per heavy atom. The first-order chi connectivity index (χ1) is 9.19. The topological polar surface area (TPSA) is 22.1 Å². The average Bonchev–Trinajstić information content (AvgIpc) is 2.34. The van der Waals surface area contributed by atoms with Gasteiger partial charge >= 0.3 is 0 Å². The van der Waals surface area contributed by atoms with Gasteiger partial charge in [0, 0.05) is 16.1 Å². The third kappa shape index (κ3) is 3.48. The predicted octanol–water partition coefficient (Wildman–Crippen LogP) is 5.52. The maximum absolute atomic E-state index is 6.27. The van der Waals surface area contributed by atoms with Crippen LogP contribution in [0.15, 0.2) is 34.9 Å². The summed E-state index contributed by atoms with van der Waals surface area (Å²) in [5, 5.41) is 1.39. The molecule has 2 nitrogen and oxygen atoms in total. The number of rotatable bonds is 3. The van der Waals surface area contributed by atoms with Gasteiger partial charge in [-0.05, 0) is 57.8 Å². The van der Waals surface area contributed by atoms with Gasteiger partial charge in [-0.15, -0.1) is 0 Å². The summed E-state index contributed by atoms with van der Waals surface area (Å²) in [4.78, 5) is 4.39. The van der Waals surface area contributed by atoms with Crippen LogP contribution >= 0.6 is 15.9 Å². The molecule has 0 aliphatic heterocycles. The number of fused-ring (bicyclic) bond motifs is 1. The standard InChI is InChI=1S/C16H22BrNOSi/c1-16(2,3)20(4,5)19-11-12-6-7-15-13(8-12)9-14(17)10-18-15/h6-10H,11H2,1-5H3. The number of nitrogens with zero attached hydrogens (tertiary/aromatic N) is 1. The van der Waals surface area contributed by atoms with Gasteiger partial charge in [-0.25, -0.2) is 0 Å². The molecule has 0 bridgehead atoms. The monoisotopic (exact) mass is 351 g/mol. The minimum Gasteiger partial charge on any atom is -0.413 e. The van der Waals surface area contributed by atoms with Crippen molar-refractivity contribution < 1.29 is 4.43 Å². The molecule has 1 heterocycles. The highest BCUT2D eigenvalue weighted by atomic mass is 79.9. The van der Waals surface area contributed by atoms with E-state index in [0.717, 1.165) is 15.4 Å². The predicted molar refractivity (Wildman–Crippen MR) is 91.4 cm³/mol. The summed E-state index contributed by atoms with van der Waals surface area (Å²) in [5.74, 6) is 0. The molecular formula is C16H22BrNOSi. The minimum atomic E-state index is -1.69. The van der Waals surface area contributed by atoms with Crippen molar-refractivity contribution in [2.45, 2.75) is 45.5 Å². The molecule has 0 amide bonds. The van der Waals surface area contributed by atoms with Crippen molar-refractivity contribution in [1.82, 2.24) is 4.98 Å². The molecule has 0 unspecified atom stereocenters. The van der Waals surface area contributed by atoms with E-state index in [0.29, 0.717) is 6.61 Å². The number of hydrogen-bond acceptors (Lipinski definition) is 2. The molecule has 2 rings (SSSR count). The molecule has 1 aromatic carbocycles. The van der Waals surface area contributed by atoms with E-state index < -0.39 is 8.32 Å². The average molecular weight is 352 g/mol. The highest BCUT2D eigenvalue weighted by Gasteiger charge is 2.36. The first kappa shape index (κ1) is 15.7. The number of benzene rings is 1.